The van der Waals surface area contributed by atoms with Gasteiger partial charge in [0.2, 0.25) is 0 Å². The van der Waals surface area contributed by atoms with Crippen molar-refractivity contribution in [3.63, 3.8) is 0 Å². The first kappa shape index (κ1) is 14.9. The highest BCUT2D eigenvalue weighted by Gasteiger charge is 2.27. The minimum atomic E-state index is -0.425. The molecule has 19 heavy (non-hydrogen) atoms. The molecule has 106 valence electrons. The third kappa shape index (κ3) is 4.01. The average Bonchev–Trinajstić information content (AvgIpc) is 2.93. The van der Waals surface area contributed by atoms with Crippen LogP contribution < -0.4 is 10.1 Å². The van der Waals surface area contributed by atoms with Gasteiger partial charge >= 0.3 is 0 Å². The Hall–Kier alpha value is -0.450. The molecule has 0 amide bonds. The first-order chi connectivity index (χ1) is 9.22. The highest BCUT2D eigenvalue weighted by atomic mass is 35.5. The fourth-order valence-electron chi connectivity index (χ4n) is 2.23. The maximum absolute atomic E-state index is 13.4. The zero-order valence-electron chi connectivity index (χ0n) is 11.0. The van der Waals surface area contributed by atoms with Crippen molar-refractivity contribution in [1.29, 1.82) is 0 Å². The molecule has 1 saturated heterocycles. The van der Waals surface area contributed by atoms with Crippen molar-refractivity contribution in [2.75, 3.05) is 24.6 Å². The van der Waals surface area contributed by atoms with Crippen LogP contribution in [0.15, 0.2) is 18.2 Å². The summed E-state index contributed by atoms with van der Waals surface area (Å²) in [5, 5.41) is 3.43. The summed E-state index contributed by atoms with van der Waals surface area (Å²) in [4.78, 5) is 0. The summed E-state index contributed by atoms with van der Waals surface area (Å²) in [5.41, 5.74) is 0. The largest absolute Gasteiger partial charge is 0.488 e. The van der Waals surface area contributed by atoms with Crippen molar-refractivity contribution < 1.29 is 9.13 Å². The van der Waals surface area contributed by atoms with Crippen LogP contribution in [-0.4, -0.2) is 30.7 Å². The summed E-state index contributed by atoms with van der Waals surface area (Å²) >= 11 is 7.80. The number of ether oxygens (including phenoxy) is 1. The Morgan fingerprint density at radius 3 is 3.11 bits per heavy atom. The maximum atomic E-state index is 13.4. The molecule has 2 nitrogen and oxygen atoms in total. The predicted molar refractivity (Wildman–Crippen MR) is 79.8 cm³/mol. The van der Waals surface area contributed by atoms with Crippen LogP contribution >= 0.6 is 23.4 Å². The van der Waals surface area contributed by atoms with E-state index in [0.29, 0.717) is 11.7 Å². The summed E-state index contributed by atoms with van der Waals surface area (Å²) in [5.74, 6) is 2.46. The molecular formula is C14H19ClFNOS. The molecule has 1 N–H and O–H groups in total. The summed E-state index contributed by atoms with van der Waals surface area (Å²) < 4.78 is 19.4. The Morgan fingerprint density at radius 1 is 1.58 bits per heavy atom. The Bertz CT molecular complexity index is 412. The van der Waals surface area contributed by atoms with Crippen molar-refractivity contribution in [2.45, 2.75) is 19.4 Å². The number of hydrogen-bond acceptors (Lipinski definition) is 3. The molecule has 5 heteroatoms. The van der Waals surface area contributed by atoms with E-state index in [2.05, 4.69) is 12.2 Å². The lowest BCUT2D eigenvalue weighted by Crippen LogP contribution is -2.31. The molecular weight excluding hydrogens is 285 g/mol. The molecule has 1 heterocycles. The molecule has 0 aliphatic carbocycles. The highest BCUT2D eigenvalue weighted by molar-refractivity contribution is 7.99. The van der Waals surface area contributed by atoms with Gasteiger partial charge in [-0.2, -0.15) is 11.8 Å². The molecule has 0 radical (unpaired) electrons. The Balaban J connectivity index is 2.07. The van der Waals surface area contributed by atoms with Crippen LogP contribution in [0, 0.1) is 11.7 Å². The fourth-order valence-corrected chi connectivity index (χ4v) is 3.21. The molecule has 2 rings (SSSR count). The van der Waals surface area contributed by atoms with Gasteiger partial charge in [0.1, 0.15) is 22.7 Å². The molecule has 0 aromatic heterocycles. The molecule has 1 aliphatic heterocycles. The number of nitrogens with one attached hydrogen (secondary N) is 1. The second-order valence-corrected chi connectivity index (χ2v) is 6.32. The van der Waals surface area contributed by atoms with Crippen molar-refractivity contribution in [3.8, 4) is 5.75 Å². The monoisotopic (exact) mass is 303 g/mol. The molecule has 0 saturated carbocycles. The first-order valence-electron chi connectivity index (χ1n) is 6.61. The van der Waals surface area contributed by atoms with Crippen LogP contribution in [0.25, 0.3) is 0 Å². The van der Waals surface area contributed by atoms with E-state index in [-0.39, 0.29) is 11.1 Å². The lowest BCUT2D eigenvalue weighted by Gasteiger charge is -2.24. The molecule has 0 spiro atoms. The van der Waals surface area contributed by atoms with E-state index in [9.17, 15) is 4.39 Å². The third-order valence-corrected chi connectivity index (χ3v) is 4.64. The Kier molecular flexibility index (Phi) is 5.79. The molecule has 0 bridgehead atoms. The van der Waals surface area contributed by atoms with E-state index in [1.165, 1.54) is 6.07 Å². The van der Waals surface area contributed by atoms with Crippen molar-refractivity contribution in [2.24, 2.45) is 5.92 Å². The van der Waals surface area contributed by atoms with E-state index >= 15 is 0 Å². The summed E-state index contributed by atoms with van der Waals surface area (Å²) in [6.07, 6.45) is 1.18. The van der Waals surface area contributed by atoms with Crippen molar-refractivity contribution in [3.05, 3.63) is 29.0 Å². The number of hydrogen-bond donors (Lipinski definition) is 1. The van der Waals surface area contributed by atoms with E-state index in [1.54, 1.807) is 12.1 Å². The third-order valence-electron chi connectivity index (χ3n) is 3.30. The minimum absolute atomic E-state index is 0.0826. The van der Waals surface area contributed by atoms with Gasteiger partial charge in [0.05, 0.1) is 0 Å². The summed E-state index contributed by atoms with van der Waals surface area (Å²) in [7, 11) is 0. The van der Waals surface area contributed by atoms with Gasteiger partial charge in [-0.15, -0.1) is 0 Å². The zero-order chi connectivity index (χ0) is 13.7. The van der Waals surface area contributed by atoms with Crippen molar-refractivity contribution in [1.82, 2.24) is 5.32 Å². The van der Waals surface area contributed by atoms with Crippen LogP contribution in [0.4, 0.5) is 4.39 Å². The van der Waals surface area contributed by atoms with Gasteiger partial charge in [0.25, 0.3) is 0 Å². The minimum Gasteiger partial charge on any atom is -0.488 e. The Morgan fingerprint density at radius 2 is 2.42 bits per heavy atom. The normalized spacial score (nSPS) is 20.5. The fraction of sp³-hybridized carbons (Fsp3) is 0.571. The SMILES string of the molecule is CCSC[C@H](Oc1cccc(F)c1Cl)[C@H]1CCNC1. The highest BCUT2D eigenvalue weighted by Crippen LogP contribution is 2.30. The predicted octanol–water partition coefficient (Wildman–Crippen LogP) is 3.59. The van der Waals surface area contributed by atoms with Crippen LogP contribution in [0.3, 0.4) is 0 Å². The maximum Gasteiger partial charge on any atom is 0.145 e. The average molecular weight is 304 g/mol. The quantitative estimate of drug-likeness (QED) is 0.868. The van der Waals surface area contributed by atoms with Crippen LogP contribution in [0.1, 0.15) is 13.3 Å². The molecule has 0 unspecified atom stereocenters. The van der Waals surface area contributed by atoms with Crippen molar-refractivity contribution >= 4 is 23.4 Å². The van der Waals surface area contributed by atoms with Gasteiger partial charge in [-0.05, 0) is 30.9 Å². The molecule has 2 atom stereocenters. The second-order valence-electron chi connectivity index (χ2n) is 4.62. The van der Waals surface area contributed by atoms with E-state index in [1.807, 2.05) is 11.8 Å². The topological polar surface area (TPSA) is 21.3 Å². The van der Waals surface area contributed by atoms with Crippen LogP contribution in [0.2, 0.25) is 5.02 Å². The van der Waals surface area contributed by atoms with Gasteiger partial charge < -0.3 is 10.1 Å². The first-order valence-corrected chi connectivity index (χ1v) is 8.14. The van der Waals surface area contributed by atoms with E-state index in [0.717, 1.165) is 31.0 Å². The molecule has 1 fully saturated rings. The zero-order valence-corrected chi connectivity index (χ0v) is 12.6. The summed E-state index contributed by atoms with van der Waals surface area (Å²) in [6, 6.07) is 4.72. The number of rotatable bonds is 6. The molecule has 1 aromatic rings. The van der Waals surface area contributed by atoms with Gasteiger partial charge in [-0.3, -0.25) is 0 Å². The van der Waals surface area contributed by atoms with Gasteiger partial charge in [-0.1, -0.05) is 24.6 Å². The number of benzene rings is 1. The Labute approximate surface area is 123 Å². The van der Waals surface area contributed by atoms with Crippen LogP contribution in [0.5, 0.6) is 5.75 Å². The van der Waals surface area contributed by atoms with E-state index < -0.39 is 5.82 Å². The van der Waals surface area contributed by atoms with Gasteiger partial charge in [-0.25, -0.2) is 4.39 Å². The summed E-state index contributed by atoms with van der Waals surface area (Å²) in [6.45, 7) is 4.11. The lowest BCUT2D eigenvalue weighted by atomic mass is 10.0. The number of thioether (sulfide) groups is 1. The number of halogens is 2. The standard InChI is InChI=1S/C14H19ClFNOS/c1-2-19-9-13(10-6-7-17-8-10)18-12-5-3-4-11(16)14(12)15/h3-5,10,13,17H,2,6-9H2,1H3/t10-,13-/m0/s1. The smallest absolute Gasteiger partial charge is 0.145 e. The lowest BCUT2D eigenvalue weighted by molar-refractivity contribution is 0.165. The van der Waals surface area contributed by atoms with Gasteiger partial charge in [0, 0.05) is 18.2 Å². The van der Waals surface area contributed by atoms with Gasteiger partial charge in [0.15, 0.2) is 0 Å². The van der Waals surface area contributed by atoms with Crippen LogP contribution in [-0.2, 0) is 0 Å². The second kappa shape index (κ2) is 7.36. The molecule has 1 aromatic carbocycles. The van der Waals surface area contributed by atoms with E-state index in [4.69, 9.17) is 16.3 Å². The molecule has 1 aliphatic rings.